The van der Waals surface area contributed by atoms with Crippen LogP contribution in [-0.4, -0.2) is 16.3 Å². The van der Waals surface area contributed by atoms with E-state index in [9.17, 15) is 0 Å². The number of nitrogens with one attached hydrogen (secondary N) is 1. The molecule has 2 aromatic rings. The number of hydrogen-bond acceptors (Lipinski definition) is 2. The molecular formula is C15H20ClN3. The Bertz CT molecular complexity index is 517. The van der Waals surface area contributed by atoms with Crippen molar-refractivity contribution >= 4 is 11.6 Å². The molecule has 0 saturated carbocycles. The molecule has 1 N–H and O–H groups in total. The molecular weight excluding hydrogens is 258 g/mol. The van der Waals surface area contributed by atoms with Gasteiger partial charge in [-0.15, -0.1) is 0 Å². The summed E-state index contributed by atoms with van der Waals surface area (Å²) in [6.45, 7) is 6.94. The first-order chi connectivity index (χ1) is 9.19. The van der Waals surface area contributed by atoms with Crippen LogP contribution in [0.1, 0.15) is 30.2 Å². The average molecular weight is 278 g/mol. The minimum Gasteiger partial charge on any atom is -0.313 e. The van der Waals surface area contributed by atoms with Gasteiger partial charge in [-0.25, -0.2) is 0 Å². The molecule has 0 aliphatic carbocycles. The maximum Gasteiger partial charge on any atom is 0.0659 e. The topological polar surface area (TPSA) is 29.9 Å². The van der Waals surface area contributed by atoms with E-state index >= 15 is 0 Å². The van der Waals surface area contributed by atoms with Gasteiger partial charge in [0.1, 0.15) is 0 Å². The number of nitrogens with zero attached hydrogens (tertiary/aromatic N) is 2. The predicted molar refractivity (Wildman–Crippen MR) is 79.5 cm³/mol. The summed E-state index contributed by atoms with van der Waals surface area (Å²) in [6.07, 6.45) is 3.27. The standard InChI is InChI=1S/C15H20ClN3/c1-3-8-17-9-14-11-19(18-12(14)2)10-13-4-6-15(16)7-5-13/h4-7,11,17H,3,8-10H2,1-2H3. The van der Waals surface area contributed by atoms with E-state index in [4.69, 9.17) is 11.6 Å². The number of aromatic nitrogens is 2. The molecule has 0 bridgehead atoms. The fourth-order valence-corrected chi connectivity index (χ4v) is 2.12. The highest BCUT2D eigenvalue weighted by Crippen LogP contribution is 2.12. The van der Waals surface area contributed by atoms with Crippen LogP contribution < -0.4 is 5.32 Å². The van der Waals surface area contributed by atoms with Gasteiger partial charge in [-0.3, -0.25) is 4.68 Å². The lowest BCUT2D eigenvalue weighted by molar-refractivity contribution is 0.668. The van der Waals surface area contributed by atoms with Gasteiger partial charge in [0, 0.05) is 23.3 Å². The van der Waals surface area contributed by atoms with E-state index in [1.54, 1.807) is 0 Å². The molecule has 0 aliphatic heterocycles. The van der Waals surface area contributed by atoms with Gasteiger partial charge in [0.2, 0.25) is 0 Å². The first-order valence-electron chi connectivity index (χ1n) is 6.67. The van der Waals surface area contributed by atoms with Crippen LogP contribution in [0.2, 0.25) is 5.02 Å². The van der Waals surface area contributed by atoms with Crippen molar-refractivity contribution in [3.8, 4) is 0 Å². The van der Waals surface area contributed by atoms with Crippen molar-refractivity contribution in [2.75, 3.05) is 6.54 Å². The van der Waals surface area contributed by atoms with Gasteiger partial charge >= 0.3 is 0 Å². The summed E-state index contributed by atoms with van der Waals surface area (Å²) in [5, 5.41) is 8.73. The van der Waals surface area contributed by atoms with Crippen molar-refractivity contribution in [3.63, 3.8) is 0 Å². The Balaban J connectivity index is 2.01. The quantitative estimate of drug-likeness (QED) is 0.820. The molecule has 0 atom stereocenters. The Morgan fingerprint density at radius 2 is 2.00 bits per heavy atom. The highest BCUT2D eigenvalue weighted by Gasteiger charge is 2.04. The van der Waals surface area contributed by atoms with Crippen LogP contribution in [0.4, 0.5) is 0 Å². The van der Waals surface area contributed by atoms with Gasteiger partial charge in [0.05, 0.1) is 12.2 Å². The van der Waals surface area contributed by atoms with Crippen LogP contribution in [-0.2, 0) is 13.1 Å². The lowest BCUT2D eigenvalue weighted by Gasteiger charge is -2.02. The summed E-state index contributed by atoms with van der Waals surface area (Å²) < 4.78 is 1.99. The summed E-state index contributed by atoms with van der Waals surface area (Å²) in [7, 11) is 0. The molecule has 0 aliphatic rings. The van der Waals surface area contributed by atoms with Crippen LogP contribution >= 0.6 is 11.6 Å². The minimum atomic E-state index is 0.768. The number of rotatable bonds is 6. The number of benzene rings is 1. The molecule has 0 saturated heterocycles. The lowest BCUT2D eigenvalue weighted by Crippen LogP contribution is -2.13. The van der Waals surface area contributed by atoms with Crippen LogP contribution in [0.5, 0.6) is 0 Å². The number of aryl methyl sites for hydroxylation is 1. The summed E-state index contributed by atoms with van der Waals surface area (Å²) in [5.41, 5.74) is 3.57. The normalized spacial score (nSPS) is 10.9. The zero-order chi connectivity index (χ0) is 13.7. The average Bonchev–Trinajstić information content (AvgIpc) is 2.73. The number of hydrogen-bond donors (Lipinski definition) is 1. The Morgan fingerprint density at radius 1 is 1.26 bits per heavy atom. The maximum atomic E-state index is 5.88. The second-order valence-electron chi connectivity index (χ2n) is 4.74. The molecule has 0 unspecified atom stereocenters. The monoisotopic (exact) mass is 277 g/mol. The second kappa shape index (κ2) is 6.73. The van der Waals surface area contributed by atoms with Crippen LogP contribution in [0.15, 0.2) is 30.5 Å². The van der Waals surface area contributed by atoms with Crippen molar-refractivity contribution in [1.29, 1.82) is 0 Å². The molecule has 1 aromatic carbocycles. The molecule has 0 radical (unpaired) electrons. The van der Waals surface area contributed by atoms with Gasteiger partial charge in [0.25, 0.3) is 0 Å². The fourth-order valence-electron chi connectivity index (χ4n) is 1.99. The van der Waals surface area contributed by atoms with Gasteiger partial charge in [0.15, 0.2) is 0 Å². The summed E-state index contributed by atoms with van der Waals surface area (Å²) in [5.74, 6) is 0. The van der Waals surface area contributed by atoms with Gasteiger partial charge in [-0.05, 0) is 37.6 Å². The minimum absolute atomic E-state index is 0.768. The highest BCUT2D eigenvalue weighted by molar-refractivity contribution is 6.30. The molecule has 2 rings (SSSR count). The first-order valence-corrected chi connectivity index (χ1v) is 7.05. The molecule has 19 heavy (non-hydrogen) atoms. The van der Waals surface area contributed by atoms with Crippen molar-refractivity contribution in [1.82, 2.24) is 15.1 Å². The van der Waals surface area contributed by atoms with Gasteiger partial charge in [-0.2, -0.15) is 5.10 Å². The van der Waals surface area contributed by atoms with Crippen LogP contribution in [0.25, 0.3) is 0 Å². The molecule has 1 heterocycles. The summed E-state index contributed by atoms with van der Waals surface area (Å²) in [4.78, 5) is 0. The van der Waals surface area contributed by atoms with Crippen molar-refractivity contribution in [2.24, 2.45) is 0 Å². The van der Waals surface area contributed by atoms with E-state index in [-0.39, 0.29) is 0 Å². The Kier molecular flexibility index (Phi) is 5.00. The van der Waals surface area contributed by atoms with Gasteiger partial charge < -0.3 is 5.32 Å². The SMILES string of the molecule is CCCNCc1cn(Cc2ccc(Cl)cc2)nc1C. The third kappa shape index (κ3) is 4.08. The third-order valence-corrected chi connectivity index (χ3v) is 3.30. The summed E-state index contributed by atoms with van der Waals surface area (Å²) >= 11 is 5.88. The Labute approximate surface area is 119 Å². The zero-order valence-electron chi connectivity index (χ0n) is 11.5. The number of halogens is 1. The smallest absolute Gasteiger partial charge is 0.0659 e. The molecule has 102 valence electrons. The van der Waals surface area contributed by atoms with E-state index in [1.807, 2.05) is 28.9 Å². The van der Waals surface area contributed by atoms with Crippen LogP contribution in [0.3, 0.4) is 0 Å². The van der Waals surface area contributed by atoms with E-state index in [1.165, 1.54) is 11.1 Å². The van der Waals surface area contributed by atoms with E-state index in [0.29, 0.717) is 0 Å². The van der Waals surface area contributed by atoms with Crippen molar-refractivity contribution in [2.45, 2.75) is 33.4 Å². The zero-order valence-corrected chi connectivity index (χ0v) is 12.2. The largest absolute Gasteiger partial charge is 0.313 e. The molecule has 0 amide bonds. The third-order valence-electron chi connectivity index (χ3n) is 3.05. The Hall–Kier alpha value is -1.32. The highest BCUT2D eigenvalue weighted by atomic mass is 35.5. The van der Waals surface area contributed by atoms with Crippen LogP contribution in [0, 0.1) is 6.92 Å². The van der Waals surface area contributed by atoms with Crippen molar-refractivity contribution < 1.29 is 0 Å². The van der Waals surface area contributed by atoms with E-state index in [0.717, 1.165) is 36.8 Å². The van der Waals surface area contributed by atoms with E-state index < -0.39 is 0 Å². The van der Waals surface area contributed by atoms with Gasteiger partial charge in [-0.1, -0.05) is 30.7 Å². The van der Waals surface area contributed by atoms with Crippen molar-refractivity contribution in [3.05, 3.63) is 52.3 Å². The molecule has 0 fully saturated rings. The predicted octanol–water partition coefficient (Wildman–Crippen LogP) is 3.39. The first kappa shape index (κ1) is 14.1. The lowest BCUT2D eigenvalue weighted by atomic mass is 10.2. The molecule has 0 spiro atoms. The molecule has 4 heteroatoms. The summed E-state index contributed by atoms with van der Waals surface area (Å²) in [6, 6.07) is 7.90. The fraction of sp³-hybridized carbons (Fsp3) is 0.400. The maximum absolute atomic E-state index is 5.88. The van der Waals surface area contributed by atoms with E-state index in [2.05, 4.69) is 30.5 Å². The second-order valence-corrected chi connectivity index (χ2v) is 5.18. The molecule has 1 aromatic heterocycles. The Morgan fingerprint density at radius 3 is 2.68 bits per heavy atom. The molecule has 3 nitrogen and oxygen atoms in total.